The molecule has 1 rings (SSSR count). The van der Waals surface area contributed by atoms with E-state index in [0.717, 1.165) is 11.4 Å². The van der Waals surface area contributed by atoms with E-state index in [1.807, 2.05) is 44.2 Å². The van der Waals surface area contributed by atoms with Gasteiger partial charge in [0.15, 0.2) is 0 Å². The molecule has 0 amide bonds. The van der Waals surface area contributed by atoms with Gasteiger partial charge < -0.3 is 4.74 Å². The number of hydrogen-bond donors (Lipinski definition) is 0. The van der Waals surface area contributed by atoms with Crippen LogP contribution in [0.15, 0.2) is 40.9 Å². The normalized spacial score (nSPS) is 8.93. The van der Waals surface area contributed by atoms with E-state index in [9.17, 15) is 0 Å². The van der Waals surface area contributed by atoms with E-state index >= 15 is 0 Å². The molecule has 0 spiro atoms. The van der Waals surface area contributed by atoms with Gasteiger partial charge in [-0.1, -0.05) is 5.57 Å². The van der Waals surface area contributed by atoms with Crippen LogP contribution in [0, 0.1) is 0 Å². The molecule has 1 aromatic carbocycles. The summed E-state index contributed by atoms with van der Waals surface area (Å²) in [7, 11) is 0. The molecule has 0 saturated carbocycles. The second kappa shape index (κ2) is 6.12. The highest BCUT2D eigenvalue weighted by Gasteiger charge is 1.92. The van der Waals surface area contributed by atoms with Crippen LogP contribution >= 0.6 is 12.2 Å². The van der Waals surface area contributed by atoms with E-state index in [2.05, 4.69) is 22.4 Å². The van der Waals surface area contributed by atoms with Crippen LogP contribution in [-0.2, 0) is 0 Å². The Morgan fingerprint density at radius 2 is 2.07 bits per heavy atom. The Morgan fingerprint density at radius 1 is 1.40 bits per heavy atom. The van der Waals surface area contributed by atoms with Crippen molar-refractivity contribution in [2.24, 2.45) is 4.99 Å². The van der Waals surface area contributed by atoms with Gasteiger partial charge in [-0.25, -0.2) is 0 Å². The van der Waals surface area contributed by atoms with Gasteiger partial charge in [0.25, 0.3) is 0 Å². The smallest absolute Gasteiger partial charge is 0.119 e. The maximum absolute atomic E-state index is 5.49. The van der Waals surface area contributed by atoms with Crippen molar-refractivity contribution >= 4 is 23.1 Å². The number of isothiocyanates is 1. The molecule has 0 heterocycles. The second-order valence-electron chi connectivity index (χ2n) is 3.29. The average Bonchev–Trinajstić information content (AvgIpc) is 2.20. The van der Waals surface area contributed by atoms with Crippen molar-refractivity contribution in [2.45, 2.75) is 13.8 Å². The van der Waals surface area contributed by atoms with Crippen LogP contribution in [-0.4, -0.2) is 11.8 Å². The Hall–Kier alpha value is -1.44. The number of ether oxygens (including phenoxy) is 1. The van der Waals surface area contributed by atoms with Crippen LogP contribution in [0.25, 0.3) is 0 Å². The van der Waals surface area contributed by atoms with Crippen molar-refractivity contribution in [1.29, 1.82) is 0 Å². The molecule has 1 aromatic rings. The van der Waals surface area contributed by atoms with Crippen molar-refractivity contribution < 1.29 is 4.74 Å². The zero-order chi connectivity index (χ0) is 11.1. The molecular weight excluding hydrogens is 206 g/mol. The Morgan fingerprint density at radius 3 is 2.60 bits per heavy atom. The monoisotopic (exact) mass is 219 g/mol. The molecule has 2 nitrogen and oxygen atoms in total. The Kier molecular flexibility index (Phi) is 4.75. The number of allylic oxidation sites excluding steroid dienone is 1. The molecule has 0 aromatic heterocycles. The van der Waals surface area contributed by atoms with Crippen molar-refractivity contribution in [1.82, 2.24) is 0 Å². The van der Waals surface area contributed by atoms with Gasteiger partial charge in [0, 0.05) is 0 Å². The number of thiocarbonyl (C=S) groups is 1. The fourth-order valence-electron chi connectivity index (χ4n) is 0.974. The van der Waals surface area contributed by atoms with Gasteiger partial charge in [-0.3, -0.25) is 0 Å². The van der Waals surface area contributed by atoms with Crippen molar-refractivity contribution in [3.63, 3.8) is 0 Å². The van der Waals surface area contributed by atoms with Crippen LogP contribution in [0.2, 0.25) is 0 Å². The summed E-state index contributed by atoms with van der Waals surface area (Å²) in [5.74, 6) is 0.829. The molecular formula is C12H13NOS. The van der Waals surface area contributed by atoms with E-state index in [1.165, 1.54) is 5.57 Å². The van der Waals surface area contributed by atoms with E-state index in [4.69, 9.17) is 4.74 Å². The Balaban J connectivity index is 2.57. The standard InChI is InChI=1S/C12H13NOS/c1-10(2)7-8-14-12-5-3-11(4-6-12)13-9-15/h3-7H,8H2,1-2H3. The topological polar surface area (TPSA) is 21.6 Å². The summed E-state index contributed by atoms with van der Waals surface area (Å²) in [4.78, 5) is 3.85. The van der Waals surface area contributed by atoms with Gasteiger partial charge in [0.05, 0.1) is 10.8 Å². The summed E-state index contributed by atoms with van der Waals surface area (Å²) >= 11 is 4.51. The van der Waals surface area contributed by atoms with Crippen molar-refractivity contribution in [2.75, 3.05) is 6.61 Å². The first-order valence-electron chi connectivity index (χ1n) is 4.66. The largest absolute Gasteiger partial charge is 0.490 e. The summed E-state index contributed by atoms with van der Waals surface area (Å²) in [6.45, 7) is 4.68. The van der Waals surface area contributed by atoms with Crippen LogP contribution in [0.4, 0.5) is 5.69 Å². The van der Waals surface area contributed by atoms with Gasteiger partial charge in [-0.05, 0) is 56.4 Å². The number of nitrogens with zero attached hydrogens (tertiary/aromatic N) is 1. The lowest BCUT2D eigenvalue weighted by Gasteiger charge is -2.02. The lowest BCUT2D eigenvalue weighted by molar-refractivity contribution is 0.362. The van der Waals surface area contributed by atoms with Crippen LogP contribution in [0.1, 0.15) is 13.8 Å². The maximum Gasteiger partial charge on any atom is 0.119 e. The molecule has 3 heteroatoms. The van der Waals surface area contributed by atoms with Gasteiger partial charge >= 0.3 is 0 Å². The van der Waals surface area contributed by atoms with E-state index in [0.29, 0.717) is 6.61 Å². The first-order chi connectivity index (χ1) is 7.22. The summed E-state index contributed by atoms with van der Waals surface area (Å²) in [5, 5.41) is 2.32. The average molecular weight is 219 g/mol. The number of hydrogen-bond acceptors (Lipinski definition) is 3. The predicted molar refractivity (Wildman–Crippen MR) is 66.1 cm³/mol. The van der Waals surface area contributed by atoms with Gasteiger partial charge in [-0.15, -0.1) is 0 Å². The molecule has 0 aliphatic heterocycles. The van der Waals surface area contributed by atoms with E-state index in [1.54, 1.807) is 0 Å². The highest BCUT2D eigenvalue weighted by atomic mass is 32.1. The fourth-order valence-corrected chi connectivity index (χ4v) is 1.08. The summed E-state index contributed by atoms with van der Waals surface area (Å²) < 4.78 is 5.49. The molecule has 0 aliphatic rings. The third-order valence-electron chi connectivity index (χ3n) is 1.75. The van der Waals surface area contributed by atoms with E-state index in [-0.39, 0.29) is 0 Å². The van der Waals surface area contributed by atoms with Crippen LogP contribution in [0.5, 0.6) is 5.75 Å². The Bertz CT molecular complexity index is 385. The highest BCUT2D eigenvalue weighted by molar-refractivity contribution is 7.78. The lowest BCUT2D eigenvalue weighted by atomic mass is 10.3. The lowest BCUT2D eigenvalue weighted by Crippen LogP contribution is -1.93. The molecule has 0 saturated heterocycles. The summed E-state index contributed by atoms with van der Waals surface area (Å²) in [6.07, 6.45) is 2.03. The third kappa shape index (κ3) is 4.54. The zero-order valence-corrected chi connectivity index (χ0v) is 9.67. The predicted octanol–water partition coefficient (Wildman–Crippen LogP) is 3.77. The van der Waals surface area contributed by atoms with Gasteiger partial charge in [0.2, 0.25) is 0 Å². The first-order valence-corrected chi connectivity index (χ1v) is 5.07. The molecule has 0 fully saturated rings. The Labute approximate surface area is 95.3 Å². The molecule has 0 atom stereocenters. The zero-order valence-electron chi connectivity index (χ0n) is 8.86. The molecule has 0 N–H and O–H groups in total. The molecule has 0 radical (unpaired) electrons. The summed E-state index contributed by atoms with van der Waals surface area (Å²) in [6, 6.07) is 7.42. The van der Waals surface area contributed by atoms with Crippen molar-refractivity contribution in [3.05, 3.63) is 35.9 Å². The second-order valence-corrected chi connectivity index (χ2v) is 3.47. The molecule has 15 heavy (non-hydrogen) atoms. The minimum absolute atomic E-state index is 0.595. The quantitative estimate of drug-likeness (QED) is 0.437. The van der Waals surface area contributed by atoms with Gasteiger partial charge in [0.1, 0.15) is 12.4 Å². The van der Waals surface area contributed by atoms with Crippen LogP contribution < -0.4 is 4.74 Å². The van der Waals surface area contributed by atoms with E-state index < -0.39 is 0 Å². The van der Waals surface area contributed by atoms with Crippen molar-refractivity contribution in [3.8, 4) is 5.75 Å². The SMILES string of the molecule is CC(C)=CCOc1ccc(N=C=S)cc1. The van der Waals surface area contributed by atoms with Gasteiger partial charge in [-0.2, -0.15) is 4.99 Å². The molecule has 0 aliphatic carbocycles. The third-order valence-corrected chi connectivity index (χ3v) is 1.84. The number of benzene rings is 1. The molecule has 0 unspecified atom stereocenters. The highest BCUT2D eigenvalue weighted by Crippen LogP contribution is 2.17. The number of aliphatic imine (C=N–C) groups is 1. The first kappa shape index (κ1) is 11.6. The summed E-state index contributed by atoms with van der Waals surface area (Å²) in [5.41, 5.74) is 2.04. The molecule has 0 bridgehead atoms. The fraction of sp³-hybridized carbons (Fsp3) is 0.250. The molecule has 78 valence electrons. The van der Waals surface area contributed by atoms with Crippen LogP contribution in [0.3, 0.4) is 0 Å². The maximum atomic E-state index is 5.49. The minimum Gasteiger partial charge on any atom is -0.490 e. The minimum atomic E-state index is 0.595. The number of rotatable bonds is 4.